The Kier molecular flexibility index (Phi) is 6.21. The van der Waals surface area contributed by atoms with Crippen molar-refractivity contribution in [3.8, 4) is 17.2 Å². The first-order valence-corrected chi connectivity index (χ1v) is 9.10. The molecular formula is C21H23FN2O5. The average Bonchev–Trinajstić information content (AvgIpc) is 3.13. The van der Waals surface area contributed by atoms with Gasteiger partial charge in [-0.3, -0.25) is 9.59 Å². The molecule has 3 rings (SSSR count). The summed E-state index contributed by atoms with van der Waals surface area (Å²) in [6, 6.07) is 9.57. The number of carbonyl (C=O) groups excluding carboxylic acids is 2. The van der Waals surface area contributed by atoms with Crippen LogP contribution in [0, 0.1) is 11.7 Å². The molecule has 0 saturated carbocycles. The summed E-state index contributed by atoms with van der Waals surface area (Å²) in [4.78, 5) is 26.6. The number of anilines is 1. The van der Waals surface area contributed by atoms with Crippen LogP contribution in [-0.2, 0) is 16.1 Å². The van der Waals surface area contributed by atoms with Gasteiger partial charge in [-0.2, -0.15) is 0 Å². The summed E-state index contributed by atoms with van der Waals surface area (Å²) in [6.45, 7) is 0.279. The number of hydrogen-bond donors (Lipinski definition) is 1. The zero-order valence-corrected chi connectivity index (χ0v) is 16.5. The Hall–Kier alpha value is -3.29. The molecule has 29 heavy (non-hydrogen) atoms. The maximum atomic E-state index is 13.7. The number of carbonyl (C=O) groups is 2. The molecule has 1 aliphatic rings. The van der Waals surface area contributed by atoms with E-state index in [4.69, 9.17) is 14.2 Å². The second-order valence-electron chi connectivity index (χ2n) is 6.60. The van der Waals surface area contributed by atoms with Crippen LogP contribution in [0.2, 0.25) is 0 Å². The van der Waals surface area contributed by atoms with E-state index in [0.717, 1.165) is 0 Å². The third-order valence-electron chi connectivity index (χ3n) is 4.87. The fourth-order valence-electron chi connectivity index (χ4n) is 3.32. The lowest BCUT2D eigenvalue weighted by Crippen LogP contribution is -2.32. The highest BCUT2D eigenvalue weighted by Gasteiger charge is 2.36. The summed E-state index contributed by atoms with van der Waals surface area (Å²) in [7, 11) is 4.48. The summed E-state index contributed by atoms with van der Waals surface area (Å²) in [5.41, 5.74) is 0.945. The first-order chi connectivity index (χ1) is 14.0. The largest absolute Gasteiger partial charge is 0.493 e. The van der Waals surface area contributed by atoms with Gasteiger partial charge in [0.15, 0.2) is 11.5 Å². The van der Waals surface area contributed by atoms with Gasteiger partial charge in [0.2, 0.25) is 17.6 Å². The molecular weight excluding hydrogens is 379 g/mol. The molecule has 7 nitrogen and oxygen atoms in total. The number of benzene rings is 2. The fourth-order valence-corrected chi connectivity index (χ4v) is 3.32. The monoisotopic (exact) mass is 402 g/mol. The number of nitrogens with zero attached hydrogens (tertiary/aromatic N) is 1. The van der Waals surface area contributed by atoms with E-state index in [1.54, 1.807) is 30.3 Å². The van der Waals surface area contributed by atoms with Crippen LogP contribution in [0.1, 0.15) is 12.0 Å². The number of halogens is 1. The van der Waals surface area contributed by atoms with Crippen LogP contribution in [0.15, 0.2) is 36.4 Å². The predicted octanol–water partition coefficient (Wildman–Crippen LogP) is 2.52. The summed E-state index contributed by atoms with van der Waals surface area (Å²) in [5.74, 6) is -0.140. The normalized spacial score (nSPS) is 15.9. The van der Waals surface area contributed by atoms with Crippen LogP contribution in [0.4, 0.5) is 10.1 Å². The van der Waals surface area contributed by atoms with E-state index in [-0.39, 0.29) is 37.1 Å². The van der Waals surface area contributed by atoms with Gasteiger partial charge in [-0.15, -0.1) is 0 Å². The number of amides is 2. The van der Waals surface area contributed by atoms with Crippen molar-refractivity contribution >= 4 is 17.5 Å². The Balaban J connectivity index is 1.73. The Morgan fingerprint density at radius 2 is 1.79 bits per heavy atom. The second-order valence-corrected chi connectivity index (χ2v) is 6.60. The lowest BCUT2D eigenvalue weighted by atomic mass is 10.1. The van der Waals surface area contributed by atoms with Gasteiger partial charge < -0.3 is 24.4 Å². The van der Waals surface area contributed by atoms with E-state index in [1.807, 2.05) is 0 Å². The molecule has 2 aromatic rings. The number of hydrogen-bond acceptors (Lipinski definition) is 5. The SMILES string of the molecule is COc1cc(N2C[C@@H](C(=O)NCc3ccccc3F)CC2=O)cc(OC)c1OC. The molecule has 1 fully saturated rings. The van der Waals surface area contributed by atoms with Crippen LogP contribution < -0.4 is 24.4 Å². The first kappa shape index (κ1) is 20.4. The maximum Gasteiger partial charge on any atom is 0.227 e. The first-order valence-electron chi connectivity index (χ1n) is 9.10. The molecule has 0 spiro atoms. The van der Waals surface area contributed by atoms with Crippen molar-refractivity contribution in [2.24, 2.45) is 5.92 Å². The molecule has 8 heteroatoms. The predicted molar refractivity (Wildman–Crippen MR) is 105 cm³/mol. The third-order valence-corrected chi connectivity index (χ3v) is 4.87. The van der Waals surface area contributed by atoms with Crippen LogP contribution in [-0.4, -0.2) is 39.7 Å². The molecule has 0 bridgehead atoms. The standard InChI is InChI=1S/C21H23FN2O5/c1-27-17-9-15(10-18(28-2)20(17)29-3)24-12-14(8-19(24)25)21(26)23-11-13-6-4-5-7-16(13)22/h4-7,9-10,14H,8,11-12H2,1-3H3,(H,23,26)/t14-/m0/s1. The summed E-state index contributed by atoms with van der Waals surface area (Å²) >= 11 is 0. The molecule has 0 radical (unpaired) electrons. The number of ether oxygens (including phenoxy) is 3. The van der Waals surface area contributed by atoms with Crippen molar-refractivity contribution in [3.63, 3.8) is 0 Å². The van der Waals surface area contributed by atoms with E-state index in [1.165, 1.54) is 32.3 Å². The molecule has 1 saturated heterocycles. The lowest BCUT2D eigenvalue weighted by molar-refractivity contribution is -0.126. The van der Waals surface area contributed by atoms with Gasteiger partial charge >= 0.3 is 0 Å². The summed E-state index contributed by atoms with van der Waals surface area (Å²) in [5, 5.41) is 2.71. The lowest BCUT2D eigenvalue weighted by Gasteiger charge is -2.20. The molecule has 1 aliphatic heterocycles. The molecule has 0 unspecified atom stereocenters. The average molecular weight is 402 g/mol. The minimum atomic E-state index is -0.534. The topological polar surface area (TPSA) is 77.1 Å². The molecule has 1 atom stereocenters. The maximum absolute atomic E-state index is 13.7. The quantitative estimate of drug-likeness (QED) is 0.770. The highest BCUT2D eigenvalue weighted by Crippen LogP contribution is 2.42. The second kappa shape index (κ2) is 8.81. The summed E-state index contributed by atoms with van der Waals surface area (Å²) < 4.78 is 29.7. The van der Waals surface area contributed by atoms with Crippen molar-refractivity contribution in [1.82, 2.24) is 5.32 Å². The molecule has 2 amide bonds. The van der Waals surface area contributed by atoms with Gasteiger partial charge in [-0.25, -0.2) is 4.39 Å². The van der Waals surface area contributed by atoms with Crippen molar-refractivity contribution in [2.75, 3.05) is 32.8 Å². The summed E-state index contributed by atoms with van der Waals surface area (Å²) in [6.07, 6.45) is 0.0692. The molecule has 0 aromatic heterocycles. The van der Waals surface area contributed by atoms with E-state index >= 15 is 0 Å². The Bertz CT molecular complexity index is 893. The van der Waals surface area contributed by atoms with E-state index < -0.39 is 5.92 Å². The molecule has 154 valence electrons. The molecule has 1 N–H and O–H groups in total. The fraction of sp³-hybridized carbons (Fsp3) is 0.333. The van der Waals surface area contributed by atoms with Crippen LogP contribution >= 0.6 is 0 Å². The Labute approximate surface area is 168 Å². The number of rotatable bonds is 7. The minimum absolute atomic E-state index is 0.0692. The van der Waals surface area contributed by atoms with E-state index in [0.29, 0.717) is 28.5 Å². The minimum Gasteiger partial charge on any atom is -0.493 e. The van der Waals surface area contributed by atoms with Crippen LogP contribution in [0.5, 0.6) is 17.2 Å². The third kappa shape index (κ3) is 4.26. The number of nitrogens with one attached hydrogen (secondary N) is 1. The van der Waals surface area contributed by atoms with Gasteiger partial charge in [0.05, 0.1) is 32.9 Å². The van der Waals surface area contributed by atoms with Crippen LogP contribution in [0.25, 0.3) is 0 Å². The van der Waals surface area contributed by atoms with Gasteiger partial charge in [-0.05, 0) is 6.07 Å². The molecule has 2 aromatic carbocycles. The zero-order valence-electron chi connectivity index (χ0n) is 16.5. The van der Waals surface area contributed by atoms with Gasteiger partial charge in [0.25, 0.3) is 0 Å². The molecule has 0 aliphatic carbocycles. The van der Waals surface area contributed by atoms with Crippen LogP contribution in [0.3, 0.4) is 0 Å². The van der Waals surface area contributed by atoms with Crippen molar-refractivity contribution in [2.45, 2.75) is 13.0 Å². The Morgan fingerprint density at radius 3 is 2.38 bits per heavy atom. The Morgan fingerprint density at radius 1 is 1.14 bits per heavy atom. The highest BCUT2D eigenvalue weighted by molar-refractivity contribution is 6.00. The zero-order chi connectivity index (χ0) is 21.0. The highest BCUT2D eigenvalue weighted by atomic mass is 19.1. The van der Waals surface area contributed by atoms with E-state index in [9.17, 15) is 14.0 Å². The molecule has 1 heterocycles. The smallest absolute Gasteiger partial charge is 0.227 e. The van der Waals surface area contributed by atoms with Crippen molar-refractivity contribution < 1.29 is 28.2 Å². The number of methoxy groups -OCH3 is 3. The van der Waals surface area contributed by atoms with Gasteiger partial charge in [0, 0.05) is 37.2 Å². The van der Waals surface area contributed by atoms with Gasteiger partial charge in [0.1, 0.15) is 5.82 Å². The van der Waals surface area contributed by atoms with E-state index in [2.05, 4.69) is 5.32 Å². The van der Waals surface area contributed by atoms with Crippen molar-refractivity contribution in [1.29, 1.82) is 0 Å². The van der Waals surface area contributed by atoms with Gasteiger partial charge in [-0.1, -0.05) is 18.2 Å². The van der Waals surface area contributed by atoms with Crippen molar-refractivity contribution in [3.05, 3.63) is 47.8 Å².